The van der Waals surface area contributed by atoms with Crippen molar-refractivity contribution in [3.05, 3.63) is 0 Å². The Labute approximate surface area is 96.8 Å². The van der Waals surface area contributed by atoms with Gasteiger partial charge in [-0.3, -0.25) is 0 Å². The van der Waals surface area contributed by atoms with Crippen molar-refractivity contribution in [1.29, 1.82) is 0 Å². The smallest absolute Gasteiger partial charge is 0.0386 e. The third-order valence-electron chi connectivity index (χ3n) is 4.79. The van der Waals surface area contributed by atoms with E-state index in [4.69, 9.17) is 0 Å². The minimum atomic E-state index is 0. The summed E-state index contributed by atoms with van der Waals surface area (Å²) in [5.41, 5.74) is 0. The van der Waals surface area contributed by atoms with Crippen molar-refractivity contribution < 1.29 is 0 Å². The van der Waals surface area contributed by atoms with E-state index in [9.17, 15) is 0 Å². The molecule has 0 aromatic carbocycles. The lowest BCUT2D eigenvalue weighted by atomic mass is 9.70. The SMILES string of the molecule is C.CC1CCC(C2CCC(C)CC2)CC1. The Morgan fingerprint density at radius 1 is 0.533 bits per heavy atom. The van der Waals surface area contributed by atoms with Crippen molar-refractivity contribution >= 4 is 0 Å². The van der Waals surface area contributed by atoms with Crippen LogP contribution in [0.25, 0.3) is 0 Å². The Bertz CT molecular complexity index is 137. The lowest BCUT2D eigenvalue weighted by molar-refractivity contribution is 0.155. The first-order valence-electron chi connectivity index (χ1n) is 6.75. The average molecular weight is 210 g/mol. The van der Waals surface area contributed by atoms with Gasteiger partial charge in [-0.2, -0.15) is 0 Å². The van der Waals surface area contributed by atoms with Gasteiger partial charge in [0.15, 0.2) is 0 Å². The van der Waals surface area contributed by atoms with Gasteiger partial charge in [0.05, 0.1) is 0 Å². The molecule has 0 bridgehead atoms. The van der Waals surface area contributed by atoms with Crippen molar-refractivity contribution in [3.63, 3.8) is 0 Å². The second kappa shape index (κ2) is 5.92. The summed E-state index contributed by atoms with van der Waals surface area (Å²) in [6.45, 7) is 4.86. The fourth-order valence-electron chi connectivity index (χ4n) is 3.51. The van der Waals surface area contributed by atoms with E-state index < -0.39 is 0 Å². The standard InChI is InChI=1S/C14H26.CH4/c1-11-3-7-13(8-4-11)14-9-5-12(2)6-10-14;/h11-14H,3-10H2,1-2H3;1H4. The quantitative estimate of drug-likeness (QED) is 0.552. The van der Waals surface area contributed by atoms with Gasteiger partial charge in [0.2, 0.25) is 0 Å². The molecule has 0 nitrogen and oxygen atoms in total. The van der Waals surface area contributed by atoms with Crippen molar-refractivity contribution in [2.24, 2.45) is 23.7 Å². The Kier molecular flexibility index (Phi) is 5.15. The molecule has 2 aliphatic rings. The molecule has 0 N–H and O–H groups in total. The molecule has 0 unspecified atom stereocenters. The molecule has 2 rings (SSSR count). The van der Waals surface area contributed by atoms with Crippen LogP contribution in [0.4, 0.5) is 0 Å². The summed E-state index contributed by atoms with van der Waals surface area (Å²) >= 11 is 0. The predicted octanol–water partition coefficient (Wildman–Crippen LogP) is 5.28. The third-order valence-corrected chi connectivity index (χ3v) is 4.79. The van der Waals surface area contributed by atoms with Crippen LogP contribution in [0, 0.1) is 23.7 Å². The molecule has 0 amide bonds. The molecule has 2 fully saturated rings. The Balaban J connectivity index is 0.00000112. The number of hydrogen-bond donors (Lipinski definition) is 0. The van der Waals surface area contributed by atoms with Crippen molar-refractivity contribution in [3.8, 4) is 0 Å². The monoisotopic (exact) mass is 210 g/mol. The van der Waals surface area contributed by atoms with Crippen LogP contribution in [0.5, 0.6) is 0 Å². The molecule has 2 aliphatic carbocycles. The van der Waals surface area contributed by atoms with Crippen LogP contribution in [-0.2, 0) is 0 Å². The third kappa shape index (κ3) is 3.50. The zero-order chi connectivity index (χ0) is 9.97. The zero-order valence-electron chi connectivity index (χ0n) is 9.97. The zero-order valence-corrected chi connectivity index (χ0v) is 9.97. The summed E-state index contributed by atoms with van der Waals surface area (Å²) in [6.07, 6.45) is 12.2. The Morgan fingerprint density at radius 3 is 1.07 bits per heavy atom. The second-order valence-corrected chi connectivity index (χ2v) is 6.04. The highest BCUT2D eigenvalue weighted by Crippen LogP contribution is 2.40. The van der Waals surface area contributed by atoms with E-state index in [0.29, 0.717) is 0 Å². The molecule has 0 heteroatoms. The van der Waals surface area contributed by atoms with Crippen molar-refractivity contribution in [2.45, 2.75) is 72.6 Å². The maximum atomic E-state index is 2.43. The molecular formula is C15H30. The van der Waals surface area contributed by atoms with Crippen molar-refractivity contribution in [1.82, 2.24) is 0 Å². The highest BCUT2D eigenvalue weighted by atomic mass is 14.3. The maximum Gasteiger partial charge on any atom is -0.0386 e. The van der Waals surface area contributed by atoms with E-state index in [0.717, 1.165) is 23.7 Å². The van der Waals surface area contributed by atoms with E-state index in [1.165, 1.54) is 25.7 Å². The van der Waals surface area contributed by atoms with Crippen LogP contribution < -0.4 is 0 Å². The van der Waals surface area contributed by atoms with Gasteiger partial charge in [0, 0.05) is 0 Å². The van der Waals surface area contributed by atoms with Crippen LogP contribution >= 0.6 is 0 Å². The van der Waals surface area contributed by atoms with Gasteiger partial charge in [-0.15, -0.1) is 0 Å². The molecule has 0 saturated heterocycles. The summed E-state index contributed by atoms with van der Waals surface area (Å²) in [5.74, 6) is 4.26. The van der Waals surface area contributed by atoms with Crippen molar-refractivity contribution in [2.75, 3.05) is 0 Å². The lowest BCUT2D eigenvalue weighted by Crippen LogP contribution is -2.24. The Morgan fingerprint density at radius 2 is 0.800 bits per heavy atom. The van der Waals surface area contributed by atoms with E-state index in [1.807, 2.05) is 0 Å². The summed E-state index contributed by atoms with van der Waals surface area (Å²) in [6, 6.07) is 0. The minimum absolute atomic E-state index is 0. The van der Waals surface area contributed by atoms with E-state index in [-0.39, 0.29) is 7.43 Å². The van der Waals surface area contributed by atoms with Gasteiger partial charge in [0.25, 0.3) is 0 Å². The molecule has 90 valence electrons. The fourth-order valence-corrected chi connectivity index (χ4v) is 3.51. The van der Waals surface area contributed by atoms with Gasteiger partial charge in [-0.1, -0.05) is 47.0 Å². The summed E-state index contributed by atoms with van der Waals surface area (Å²) in [7, 11) is 0. The van der Waals surface area contributed by atoms with Crippen LogP contribution in [0.1, 0.15) is 72.6 Å². The number of hydrogen-bond acceptors (Lipinski definition) is 0. The second-order valence-electron chi connectivity index (χ2n) is 6.04. The molecule has 15 heavy (non-hydrogen) atoms. The Hall–Kier alpha value is 0. The molecule has 0 atom stereocenters. The first kappa shape index (κ1) is 13.1. The van der Waals surface area contributed by atoms with Gasteiger partial charge in [0.1, 0.15) is 0 Å². The normalized spacial score (nSPS) is 42.0. The summed E-state index contributed by atoms with van der Waals surface area (Å²) in [5, 5.41) is 0. The molecule has 0 radical (unpaired) electrons. The van der Waals surface area contributed by atoms with Gasteiger partial charge < -0.3 is 0 Å². The molecule has 0 heterocycles. The fraction of sp³-hybridized carbons (Fsp3) is 1.00. The molecule has 0 aromatic heterocycles. The highest BCUT2D eigenvalue weighted by molar-refractivity contribution is 4.80. The summed E-state index contributed by atoms with van der Waals surface area (Å²) < 4.78 is 0. The average Bonchev–Trinajstić information content (AvgIpc) is 2.21. The largest absolute Gasteiger partial charge is 0.0776 e. The molecule has 0 aliphatic heterocycles. The number of rotatable bonds is 1. The molecule has 0 spiro atoms. The van der Waals surface area contributed by atoms with Gasteiger partial charge >= 0.3 is 0 Å². The lowest BCUT2D eigenvalue weighted by Gasteiger charge is -2.36. The van der Waals surface area contributed by atoms with E-state index in [1.54, 1.807) is 25.7 Å². The predicted molar refractivity (Wildman–Crippen MR) is 69.0 cm³/mol. The van der Waals surface area contributed by atoms with Gasteiger partial charge in [-0.05, 0) is 49.4 Å². The van der Waals surface area contributed by atoms with Crippen LogP contribution in [0.15, 0.2) is 0 Å². The minimum Gasteiger partial charge on any atom is -0.0776 e. The van der Waals surface area contributed by atoms with Crippen LogP contribution in [-0.4, -0.2) is 0 Å². The van der Waals surface area contributed by atoms with E-state index >= 15 is 0 Å². The first-order chi connectivity index (χ1) is 6.75. The van der Waals surface area contributed by atoms with Crippen LogP contribution in [0.3, 0.4) is 0 Å². The molecule has 0 aromatic rings. The molecule has 2 saturated carbocycles. The topological polar surface area (TPSA) is 0 Å². The highest BCUT2D eigenvalue weighted by Gasteiger charge is 2.28. The maximum absolute atomic E-state index is 2.43. The first-order valence-corrected chi connectivity index (χ1v) is 6.75. The van der Waals surface area contributed by atoms with E-state index in [2.05, 4.69) is 13.8 Å². The summed E-state index contributed by atoms with van der Waals surface area (Å²) in [4.78, 5) is 0. The molecular weight excluding hydrogens is 180 g/mol. The van der Waals surface area contributed by atoms with Gasteiger partial charge in [-0.25, -0.2) is 0 Å². The van der Waals surface area contributed by atoms with Crippen LogP contribution in [0.2, 0.25) is 0 Å².